The van der Waals surface area contributed by atoms with Gasteiger partial charge in [-0.1, -0.05) is 6.92 Å². The number of pyridine rings is 1. The van der Waals surface area contributed by atoms with E-state index in [0.717, 1.165) is 22.4 Å². The lowest BCUT2D eigenvalue weighted by molar-refractivity contribution is 0.928. The Hall–Kier alpha value is -0.830. The van der Waals surface area contributed by atoms with E-state index >= 15 is 0 Å². The van der Waals surface area contributed by atoms with Crippen molar-refractivity contribution in [3.63, 3.8) is 0 Å². The van der Waals surface area contributed by atoms with Gasteiger partial charge in [0.15, 0.2) is 0 Å². The fourth-order valence-corrected chi connectivity index (χ4v) is 2.22. The summed E-state index contributed by atoms with van der Waals surface area (Å²) in [5.74, 6) is 1.12. The maximum absolute atomic E-state index is 4.50. The Labute approximate surface area is 85.7 Å². The number of aryl methyl sites for hydroxylation is 2. The summed E-state index contributed by atoms with van der Waals surface area (Å²) in [6.45, 7) is 4.16. The Morgan fingerprint density at radius 1 is 1.54 bits per heavy atom. The largest absolute Gasteiger partial charge is 0.302 e. The van der Waals surface area contributed by atoms with Gasteiger partial charge in [-0.2, -0.15) is 0 Å². The van der Waals surface area contributed by atoms with E-state index in [0.29, 0.717) is 0 Å². The molecule has 0 spiro atoms. The molecular weight excluding hydrogens is 228 g/mol. The smallest absolute Gasteiger partial charge is 0.113 e. The van der Waals surface area contributed by atoms with Gasteiger partial charge in [0.2, 0.25) is 0 Å². The first-order valence-electron chi connectivity index (χ1n) is 4.36. The van der Waals surface area contributed by atoms with E-state index in [1.807, 2.05) is 19.1 Å². The molecule has 0 aromatic carbocycles. The summed E-state index contributed by atoms with van der Waals surface area (Å²) in [6.07, 6.45) is 3.02. The quantitative estimate of drug-likeness (QED) is 0.747. The molecule has 0 radical (unpaired) electrons. The molecule has 68 valence electrons. The van der Waals surface area contributed by atoms with E-state index in [9.17, 15) is 0 Å². The van der Waals surface area contributed by atoms with Gasteiger partial charge >= 0.3 is 0 Å². The number of halogens is 1. The third-order valence-electron chi connectivity index (χ3n) is 2.18. The molecule has 0 aliphatic heterocycles. The minimum atomic E-state index is 0.964. The van der Waals surface area contributed by atoms with Gasteiger partial charge in [-0.25, -0.2) is 4.98 Å². The second-order valence-electron chi connectivity index (χ2n) is 3.04. The van der Waals surface area contributed by atoms with Crippen LogP contribution in [-0.2, 0) is 6.42 Å². The summed E-state index contributed by atoms with van der Waals surface area (Å²) in [6, 6.07) is 4.07. The lowest BCUT2D eigenvalue weighted by Gasteiger charge is -1.98. The molecule has 0 amide bonds. The van der Waals surface area contributed by atoms with Crippen molar-refractivity contribution in [1.29, 1.82) is 0 Å². The highest BCUT2D eigenvalue weighted by atomic mass is 79.9. The summed E-state index contributed by atoms with van der Waals surface area (Å²) >= 11 is 3.53. The molecule has 2 nitrogen and oxygen atoms in total. The highest BCUT2D eigenvalue weighted by Crippen LogP contribution is 2.22. The number of aromatic nitrogens is 2. The van der Waals surface area contributed by atoms with E-state index in [4.69, 9.17) is 0 Å². The summed E-state index contributed by atoms with van der Waals surface area (Å²) in [7, 11) is 0. The van der Waals surface area contributed by atoms with Crippen molar-refractivity contribution in [3.05, 3.63) is 34.3 Å². The molecule has 2 aromatic rings. The van der Waals surface area contributed by atoms with E-state index in [1.54, 1.807) is 0 Å². The van der Waals surface area contributed by atoms with Crippen LogP contribution in [0.15, 0.2) is 22.8 Å². The van der Waals surface area contributed by atoms with Crippen LogP contribution in [0.3, 0.4) is 0 Å². The Balaban J connectivity index is 2.87. The minimum absolute atomic E-state index is 0.964. The van der Waals surface area contributed by atoms with E-state index < -0.39 is 0 Å². The fraction of sp³-hybridized carbons (Fsp3) is 0.300. The monoisotopic (exact) mass is 238 g/mol. The summed E-state index contributed by atoms with van der Waals surface area (Å²) < 4.78 is 3.25. The lowest BCUT2D eigenvalue weighted by Crippen LogP contribution is -1.91. The van der Waals surface area contributed by atoms with E-state index in [-0.39, 0.29) is 0 Å². The van der Waals surface area contributed by atoms with Crippen LogP contribution in [0, 0.1) is 6.92 Å². The van der Waals surface area contributed by atoms with Crippen LogP contribution in [0.4, 0.5) is 0 Å². The maximum atomic E-state index is 4.50. The first-order chi connectivity index (χ1) is 6.24. The molecule has 0 saturated heterocycles. The molecule has 0 aliphatic rings. The highest BCUT2D eigenvalue weighted by molar-refractivity contribution is 9.10. The Kier molecular flexibility index (Phi) is 2.12. The Morgan fingerprint density at radius 3 is 3.00 bits per heavy atom. The number of imidazole rings is 1. The number of nitrogens with zero attached hydrogens (tertiary/aromatic N) is 2. The predicted octanol–water partition coefficient (Wildman–Crippen LogP) is 2.97. The van der Waals surface area contributed by atoms with Crippen molar-refractivity contribution in [2.24, 2.45) is 0 Å². The van der Waals surface area contributed by atoms with Crippen molar-refractivity contribution < 1.29 is 0 Å². The summed E-state index contributed by atoms with van der Waals surface area (Å²) in [5, 5.41) is 0. The van der Waals surface area contributed by atoms with Crippen LogP contribution in [0.1, 0.15) is 18.4 Å². The third kappa shape index (κ3) is 1.27. The SMILES string of the molecule is CCc1nc(C)c2c(Br)cccn12. The van der Waals surface area contributed by atoms with Crippen LogP contribution in [0.25, 0.3) is 5.52 Å². The molecule has 0 bridgehead atoms. The predicted molar refractivity (Wildman–Crippen MR) is 57.0 cm³/mol. The second kappa shape index (κ2) is 3.14. The topological polar surface area (TPSA) is 17.3 Å². The van der Waals surface area contributed by atoms with Crippen LogP contribution in [0.2, 0.25) is 0 Å². The molecule has 2 aromatic heterocycles. The summed E-state index contributed by atoms with van der Waals surface area (Å²) in [5.41, 5.74) is 2.27. The van der Waals surface area contributed by atoms with Crippen molar-refractivity contribution in [2.45, 2.75) is 20.3 Å². The fourth-order valence-electron chi connectivity index (χ4n) is 1.59. The van der Waals surface area contributed by atoms with Crippen molar-refractivity contribution >= 4 is 21.4 Å². The van der Waals surface area contributed by atoms with Crippen LogP contribution in [-0.4, -0.2) is 9.38 Å². The molecule has 0 saturated carbocycles. The molecule has 0 N–H and O–H groups in total. The van der Waals surface area contributed by atoms with Crippen LogP contribution in [0.5, 0.6) is 0 Å². The normalized spacial score (nSPS) is 11.0. The number of hydrogen-bond donors (Lipinski definition) is 0. The van der Waals surface area contributed by atoms with Crippen LogP contribution >= 0.6 is 15.9 Å². The van der Waals surface area contributed by atoms with Crippen LogP contribution < -0.4 is 0 Å². The Morgan fingerprint density at radius 2 is 2.31 bits per heavy atom. The number of rotatable bonds is 1. The first kappa shape index (κ1) is 8.75. The molecule has 3 heteroatoms. The molecule has 13 heavy (non-hydrogen) atoms. The molecule has 0 fully saturated rings. The first-order valence-corrected chi connectivity index (χ1v) is 5.15. The molecule has 2 rings (SSSR count). The molecule has 0 unspecified atom stereocenters. The summed E-state index contributed by atoms with van der Waals surface area (Å²) in [4.78, 5) is 4.50. The van der Waals surface area contributed by atoms with Gasteiger partial charge in [0.05, 0.1) is 11.2 Å². The second-order valence-corrected chi connectivity index (χ2v) is 3.90. The average Bonchev–Trinajstić information content (AvgIpc) is 2.44. The van der Waals surface area contributed by atoms with Gasteiger partial charge < -0.3 is 4.40 Å². The molecule has 2 heterocycles. The number of hydrogen-bond acceptors (Lipinski definition) is 1. The van der Waals surface area contributed by atoms with Gasteiger partial charge in [0, 0.05) is 17.1 Å². The van der Waals surface area contributed by atoms with Gasteiger partial charge in [-0.05, 0) is 35.0 Å². The molecule has 0 atom stereocenters. The zero-order chi connectivity index (χ0) is 9.42. The molecule has 0 aliphatic carbocycles. The van der Waals surface area contributed by atoms with Crippen molar-refractivity contribution in [2.75, 3.05) is 0 Å². The third-order valence-corrected chi connectivity index (χ3v) is 2.82. The van der Waals surface area contributed by atoms with Gasteiger partial charge in [-0.3, -0.25) is 0 Å². The standard InChI is InChI=1S/C10H11BrN2/c1-3-9-12-7(2)10-8(11)5-4-6-13(9)10/h4-6H,3H2,1-2H3. The Bertz CT molecular complexity index is 445. The zero-order valence-corrected chi connectivity index (χ0v) is 9.30. The average molecular weight is 239 g/mol. The van der Waals surface area contributed by atoms with E-state index in [2.05, 4.69) is 38.4 Å². The van der Waals surface area contributed by atoms with Gasteiger partial charge in [0.1, 0.15) is 5.82 Å². The van der Waals surface area contributed by atoms with Crippen molar-refractivity contribution in [1.82, 2.24) is 9.38 Å². The van der Waals surface area contributed by atoms with Crippen molar-refractivity contribution in [3.8, 4) is 0 Å². The van der Waals surface area contributed by atoms with Gasteiger partial charge in [-0.15, -0.1) is 0 Å². The van der Waals surface area contributed by atoms with E-state index in [1.165, 1.54) is 5.52 Å². The minimum Gasteiger partial charge on any atom is -0.302 e. The highest BCUT2D eigenvalue weighted by Gasteiger charge is 2.07. The molecular formula is C10H11BrN2. The zero-order valence-electron chi connectivity index (χ0n) is 7.71. The maximum Gasteiger partial charge on any atom is 0.113 e. The lowest BCUT2D eigenvalue weighted by atomic mass is 10.3. The number of fused-ring (bicyclic) bond motifs is 1. The van der Waals surface area contributed by atoms with Gasteiger partial charge in [0.25, 0.3) is 0 Å².